The number of nitrogens with zero attached hydrogens (tertiary/aromatic N) is 3. The van der Waals surface area contributed by atoms with Crippen LogP contribution in [0.3, 0.4) is 0 Å². The van der Waals surface area contributed by atoms with E-state index in [1.807, 2.05) is 31.2 Å². The fourth-order valence-corrected chi connectivity index (χ4v) is 4.73. The molecule has 5 N–H and O–H groups in total. The van der Waals surface area contributed by atoms with Crippen molar-refractivity contribution in [1.29, 1.82) is 0 Å². The highest BCUT2D eigenvalue weighted by atomic mass is 16.7. The van der Waals surface area contributed by atoms with Gasteiger partial charge in [0, 0.05) is 63.9 Å². The van der Waals surface area contributed by atoms with Crippen molar-refractivity contribution in [3.63, 3.8) is 0 Å². The molecule has 1 heterocycles. The Balaban J connectivity index is 1.66. The molecule has 2 unspecified atom stereocenters. The molecule has 1 aliphatic heterocycles. The number of carbonyl (C=O) groups is 4. The first-order valence-electron chi connectivity index (χ1n) is 15.5. The Morgan fingerprint density at radius 2 is 1.79 bits per heavy atom. The molecule has 1 saturated heterocycles. The quantitative estimate of drug-likeness (QED) is 0.0269. The summed E-state index contributed by atoms with van der Waals surface area (Å²) in [6, 6.07) is 7.54. The van der Waals surface area contributed by atoms with Crippen molar-refractivity contribution in [2.75, 3.05) is 64.2 Å². The third-order valence-corrected chi connectivity index (χ3v) is 7.33. The summed E-state index contributed by atoms with van der Waals surface area (Å²) < 4.78 is 16.4. The number of hydrogen-bond acceptors (Lipinski definition) is 12. The van der Waals surface area contributed by atoms with Crippen molar-refractivity contribution in [2.24, 2.45) is 5.34 Å². The van der Waals surface area contributed by atoms with Gasteiger partial charge in [0.2, 0.25) is 12.3 Å². The fraction of sp³-hybridized carbons (Fsp3) is 0.548. The molecule has 2 rings (SSSR count). The van der Waals surface area contributed by atoms with Gasteiger partial charge < -0.3 is 45.6 Å². The summed E-state index contributed by atoms with van der Waals surface area (Å²) in [5.41, 5.74) is 7.49. The van der Waals surface area contributed by atoms with Crippen LogP contribution in [0.25, 0.3) is 0 Å². The summed E-state index contributed by atoms with van der Waals surface area (Å²) in [5, 5.41) is 10.3. The molecule has 0 aliphatic carbocycles. The predicted molar refractivity (Wildman–Crippen MR) is 175 cm³/mol. The third kappa shape index (κ3) is 14.1. The van der Waals surface area contributed by atoms with Crippen LogP contribution < -0.4 is 26.6 Å². The summed E-state index contributed by atoms with van der Waals surface area (Å²) in [7, 11) is 2.88. The highest BCUT2D eigenvalue weighted by Crippen LogP contribution is 2.26. The number of rotatable bonds is 22. The topological polar surface area (TPSA) is 203 Å². The van der Waals surface area contributed by atoms with Crippen LogP contribution in [0.1, 0.15) is 39.0 Å². The second kappa shape index (κ2) is 21.9. The molecule has 1 fully saturated rings. The van der Waals surface area contributed by atoms with Crippen molar-refractivity contribution in [2.45, 2.75) is 57.5 Å². The number of methoxy groups -OCH3 is 1. The number of nitrogens with one attached hydrogen (secondary N) is 3. The zero-order valence-corrected chi connectivity index (χ0v) is 27.2. The number of unbranched alkanes of at least 4 members (excludes halogenated alkanes) is 3. The van der Waals surface area contributed by atoms with Gasteiger partial charge >= 0.3 is 6.09 Å². The average Bonchev–Trinajstić information content (AvgIpc) is 3.50. The van der Waals surface area contributed by atoms with Crippen molar-refractivity contribution in [3.05, 3.63) is 53.1 Å². The third-order valence-electron chi connectivity index (χ3n) is 7.33. The lowest BCUT2D eigenvalue weighted by atomic mass is 10.1. The van der Waals surface area contributed by atoms with Crippen LogP contribution in [0.15, 0.2) is 53.5 Å². The summed E-state index contributed by atoms with van der Waals surface area (Å²) in [5.74, 6) is -0.930. The molecular formula is C31H47N7O9. The number of anilines is 2. The highest BCUT2D eigenvalue weighted by Gasteiger charge is 2.38. The molecule has 4 amide bonds. The maximum Gasteiger partial charge on any atom is 0.407 e. The molecule has 16 heteroatoms. The van der Waals surface area contributed by atoms with Crippen molar-refractivity contribution < 1.29 is 38.2 Å². The Hall–Kier alpha value is -4.70. The molecule has 0 radical (unpaired) electrons. The van der Waals surface area contributed by atoms with Crippen LogP contribution in [0.4, 0.5) is 16.2 Å². The minimum absolute atomic E-state index is 0.0390. The second-order valence-electron chi connectivity index (χ2n) is 10.5. The van der Waals surface area contributed by atoms with Gasteiger partial charge in [-0.1, -0.05) is 12.8 Å². The van der Waals surface area contributed by atoms with E-state index in [-0.39, 0.29) is 25.2 Å². The predicted octanol–water partition coefficient (Wildman–Crippen LogP) is 1.97. The van der Waals surface area contributed by atoms with Gasteiger partial charge in [-0.2, -0.15) is 0 Å². The Morgan fingerprint density at radius 3 is 2.40 bits per heavy atom. The van der Waals surface area contributed by atoms with Gasteiger partial charge in [-0.3, -0.25) is 19.3 Å². The minimum Gasteiger partial charge on any atom is -0.448 e. The molecule has 260 valence electrons. The second-order valence-corrected chi connectivity index (χ2v) is 10.5. The van der Waals surface area contributed by atoms with Crippen molar-refractivity contribution in [3.8, 4) is 0 Å². The molecule has 3 atom stereocenters. The van der Waals surface area contributed by atoms with Crippen LogP contribution in [0.2, 0.25) is 0 Å². The van der Waals surface area contributed by atoms with E-state index < -0.39 is 36.3 Å². The molecule has 0 aromatic heterocycles. The van der Waals surface area contributed by atoms with E-state index in [1.165, 1.54) is 32.5 Å². The Kier molecular flexibility index (Phi) is 18.0. The van der Waals surface area contributed by atoms with E-state index in [2.05, 4.69) is 31.0 Å². The first kappa shape index (κ1) is 38.5. The monoisotopic (exact) mass is 661 g/mol. The van der Waals surface area contributed by atoms with Crippen molar-refractivity contribution >= 4 is 35.7 Å². The van der Waals surface area contributed by atoms with Crippen LogP contribution in [-0.4, -0.2) is 101 Å². The minimum atomic E-state index is -0.793. The average molecular weight is 662 g/mol. The van der Waals surface area contributed by atoms with E-state index in [0.29, 0.717) is 31.7 Å². The van der Waals surface area contributed by atoms with Crippen LogP contribution in [0, 0.1) is 4.91 Å². The molecule has 0 bridgehead atoms. The summed E-state index contributed by atoms with van der Waals surface area (Å²) >= 11 is 0. The van der Waals surface area contributed by atoms with E-state index in [1.54, 1.807) is 0 Å². The lowest BCUT2D eigenvalue weighted by molar-refractivity contribution is -0.129. The van der Waals surface area contributed by atoms with Gasteiger partial charge in [0.15, 0.2) is 5.34 Å². The summed E-state index contributed by atoms with van der Waals surface area (Å²) in [6.45, 7) is 4.38. The van der Waals surface area contributed by atoms with Gasteiger partial charge in [-0.25, -0.2) is 4.79 Å². The Bertz CT molecular complexity index is 1200. The van der Waals surface area contributed by atoms with Crippen LogP contribution in [0.5, 0.6) is 0 Å². The number of alkyl carbamates (subject to hydrolysis) is 1. The Morgan fingerprint density at radius 1 is 1.09 bits per heavy atom. The van der Waals surface area contributed by atoms with Gasteiger partial charge in [0.05, 0.1) is 18.2 Å². The smallest absolute Gasteiger partial charge is 0.407 e. The van der Waals surface area contributed by atoms with Crippen LogP contribution >= 0.6 is 0 Å². The van der Waals surface area contributed by atoms with E-state index in [9.17, 15) is 24.1 Å². The number of nitrogen functional groups attached to an aromatic ring is 1. The fourth-order valence-electron chi connectivity index (χ4n) is 4.73. The standard InChI is InChI=1S/C31H47N7O9/c1-4-37(25-12-10-24(32)11-13-25)17-18-45-31(42)35-16-8-6-5-7-15-34-28(40)14-9-23(30(41)33-2)20-38(22-39)29-19-26(44-3)27(47-29)21-46-36-43/h9-14,20,22,26-27,29H,4-8,15-19,21,32H2,1-3H3,(H,33,41)(H,34,40)(H,35,42)/b14-9+,23-20-/t26-,27?,29?/m1/s1. The summed E-state index contributed by atoms with van der Waals surface area (Å²) in [6.07, 6.45) is 5.32. The number of amides is 4. The highest BCUT2D eigenvalue weighted by molar-refractivity contribution is 5.98. The molecule has 1 aromatic carbocycles. The van der Waals surface area contributed by atoms with Gasteiger partial charge in [0.1, 0.15) is 25.5 Å². The van der Waals surface area contributed by atoms with Crippen LogP contribution in [-0.2, 0) is 33.4 Å². The Labute approximate surface area is 274 Å². The molecule has 47 heavy (non-hydrogen) atoms. The molecule has 0 saturated carbocycles. The molecule has 1 aromatic rings. The molecule has 0 spiro atoms. The number of likely N-dealkylation sites (N-methyl/N-ethyl adjacent to an activating group) is 2. The number of benzene rings is 1. The number of carbonyl (C=O) groups excluding carboxylic acids is 4. The van der Waals surface area contributed by atoms with E-state index in [0.717, 1.165) is 42.8 Å². The lowest BCUT2D eigenvalue weighted by Gasteiger charge is -2.23. The summed E-state index contributed by atoms with van der Waals surface area (Å²) in [4.78, 5) is 66.6. The maximum absolute atomic E-state index is 12.4. The molecule has 1 aliphatic rings. The zero-order chi connectivity index (χ0) is 34.4. The lowest BCUT2D eigenvalue weighted by Crippen LogP contribution is -2.32. The SMILES string of the molecule is CCN(CCOC(=O)NCCCCCCNC(=O)/C=C/C(=C/N(C=O)C1C[C@@H](OC)C(CON=O)O1)C(=O)NC)c1ccc(N)cc1. The first-order valence-corrected chi connectivity index (χ1v) is 15.5. The maximum atomic E-state index is 12.4. The van der Waals surface area contributed by atoms with Gasteiger partial charge in [-0.15, -0.1) is 4.91 Å². The molecule has 16 nitrogen and oxygen atoms in total. The zero-order valence-electron chi connectivity index (χ0n) is 27.2. The van der Waals surface area contributed by atoms with Gasteiger partial charge in [-0.05, 0) is 50.1 Å². The van der Waals surface area contributed by atoms with E-state index >= 15 is 0 Å². The number of nitrogens with two attached hydrogens (primary N) is 1. The largest absolute Gasteiger partial charge is 0.448 e. The normalized spacial score (nSPS) is 17.5. The van der Waals surface area contributed by atoms with Crippen molar-refractivity contribution in [1.82, 2.24) is 20.9 Å². The molecular weight excluding hydrogens is 614 g/mol. The van der Waals surface area contributed by atoms with Gasteiger partial charge in [0.25, 0.3) is 5.91 Å². The van der Waals surface area contributed by atoms with E-state index in [4.69, 9.17) is 19.9 Å². The first-order chi connectivity index (χ1) is 22.8. The number of ether oxygens (including phenoxy) is 3. The number of hydrogen-bond donors (Lipinski definition) is 4.